The molecule has 2 aromatic carbocycles. The standard InChI is InChI=1S/C34H42N2O4/c1-5-36(6-2)26-16-12-24(13-17-26)32-31(34(38)40-28-10-8-7-9-11-28)22(3)35-29-20-25(21-30(37)33(29)32)23-14-18-27(39-4)19-15-23/h12-19,25,28,32,35H,5-11,20-21H2,1-4H3/t25-,32+/m1/s1. The molecule has 0 spiro atoms. The monoisotopic (exact) mass is 542 g/mol. The summed E-state index contributed by atoms with van der Waals surface area (Å²) in [5.74, 6) is 0.213. The average molecular weight is 543 g/mol. The third-order valence-electron chi connectivity index (χ3n) is 8.82. The van der Waals surface area contributed by atoms with E-state index in [4.69, 9.17) is 9.47 Å². The first-order valence-corrected chi connectivity index (χ1v) is 14.9. The molecule has 0 bridgehead atoms. The van der Waals surface area contributed by atoms with Gasteiger partial charge in [0.2, 0.25) is 0 Å². The summed E-state index contributed by atoms with van der Waals surface area (Å²) in [4.78, 5) is 30.0. The fourth-order valence-electron chi connectivity index (χ4n) is 6.62. The fraction of sp³-hybridized carbons (Fsp3) is 0.471. The van der Waals surface area contributed by atoms with Crippen molar-refractivity contribution in [1.82, 2.24) is 5.32 Å². The van der Waals surface area contributed by atoms with E-state index in [0.29, 0.717) is 24.0 Å². The van der Waals surface area contributed by atoms with E-state index in [1.165, 1.54) is 6.42 Å². The Kier molecular flexibility index (Phi) is 8.63. The van der Waals surface area contributed by atoms with Crippen LogP contribution in [0.3, 0.4) is 0 Å². The molecule has 0 amide bonds. The largest absolute Gasteiger partial charge is 0.497 e. The molecular weight excluding hydrogens is 500 g/mol. The van der Waals surface area contributed by atoms with E-state index in [1.807, 2.05) is 31.2 Å². The van der Waals surface area contributed by atoms with E-state index in [9.17, 15) is 9.59 Å². The average Bonchev–Trinajstić information content (AvgIpc) is 2.98. The molecule has 1 N–H and O–H groups in total. The SMILES string of the molecule is CCN(CC)c1ccc([C@H]2C(C(=O)OC3CCCCC3)=C(C)NC3=C2C(=O)C[C@H](c2ccc(OC)cc2)C3)cc1. The van der Waals surface area contributed by atoms with E-state index >= 15 is 0 Å². The molecule has 2 atom stereocenters. The minimum Gasteiger partial charge on any atom is -0.497 e. The minimum absolute atomic E-state index is 0.0517. The maximum atomic E-state index is 13.9. The van der Waals surface area contributed by atoms with Gasteiger partial charge in [-0.25, -0.2) is 4.79 Å². The van der Waals surface area contributed by atoms with Crippen LogP contribution >= 0.6 is 0 Å². The third-order valence-corrected chi connectivity index (χ3v) is 8.82. The van der Waals surface area contributed by atoms with E-state index < -0.39 is 5.92 Å². The number of esters is 1. The number of hydrogen-bond acceptors (Lipinski definition) is 6. The molecule has 6 heteroatoms. The molecule has 0 unspecified atom stereocenters. The van der Waals surface area contributed by atoms with Crippen molar-refractivity contribution in [2.45, 2.75) is 83.7 Å². The molecule has 6 nitrogen and oxygen atoms in total. The van der Waals surface area contributed by atoms with Gasteiger partial charge >= 0.3 is 5.97 Å². The minimum atomic E-state index is -0.442. The molecule has 1 aliphatic heterocycles. The van der Waals surface area contributed by atoms with Gasteiger partial charge in [-0.2, -0.15) is 0 Å². The lowest BCUT2D eigenvalue weighted by atomic mass is 9.71. The van der Waals surface area contributed by atoms with Gasteiger partial charge in [-0.1, -0.05) is 30.7 Å². The van der Waals surface area contributed by atoms with Crippen molar-refractivity contribution in [3.8, 4) is 5.75 Å². The molecule has 1 heterocycles. The number of nitrogens with zero attached hydrogens (tertiary/aromatic N) is 1. The van der Waals surface area contributed by atoms with E-state index in [0.717, 1.165) is 72.7 Å². The second kappa shape index (κ2) is 12.3. The number of anilines is 1. The predicted molar refractivity (Wildman–Crippen MR) is 159 cm³/mol. The summed E-state index contributed by atoms with van der Waals surface area (Å²) in [5, 5.41) is 3.49. The molecule has 5 rings (SSSR count). The van der Waals surface area contributed by atoms with Gasteiger partial charge in [0.25, 0.3) is 0 Å². The number of nitrogens with one attached hydrogen (secondary N) is 1. The number of carbonyl (C=O) groups is 2. The lowest BCUT2D eigenvalue weighted by Gasteiger charge is -2.37. The summed E-state index contributed by atoms with van der Waals surface area (Å²) in [6, 6.07) is 16.4. The van der Waals surface area contributed by atoms with Gasteiger partial charge in [-0.15, -0.1) is 0 Å². The Morgan fingerprint density at radius 2 is 1.57 bits per heavy atom. The lowest BCUT2D eigenvalue weighted by Crippen LogP contribution is -2.37. The second-order valence-electron chi connectivity index (χ2n) is 11.2. The first kappa shape index (κ1) is 28.0. The van der Waals surface area contributed by atoms with E-state index in [2.05, 4.69) is 48.3 Å². The van der Waals surface area contributed by atoms with Gasteiger partial charge in [-0.3, -0.25) is 4.79 Å². The highest BCUT2D eigenvalue weighted by Gasteiger charge is 2.42. The van der Waals surface area contributed by atoms with E-state index in [-0.39, 0.29) is 23.8 Å². The number of Topliss-reactive ketones (excluding diaryl/α,β-unsaturated/α-hetero) is 1. The summed E-state index contributed by atoms with van der Waals surface area (Å²) in [6.45, 7) is 8.07. The van der Waals surface area contributed by atoms with Crippen molar-refractivity contribution in [2.75, 3.05) is 25.1 Å². The first-order chi connectivity index (χ1) is 19.4. The Bertz CT molecular complexity index is 1280. The molecule has 0 aromatic heterocycles. The highest BCUT2D eigenvalue weighted by molar-refractivity contribution is 6.04. The number of carbonyl (C=O) groups excluding carboxylic acids is 2. The normalized spacial score (nSPS) is 21.6. The zero-order valence-corrected chi connectivity index (χ0v) is 24.3. The molecule has 0 radical (unpaired) electrons. The molecular formula is C34H42N2O4. The summed E-state index contributed by atoms with van der Waals surface area (Å²) in [7, 11) is 1.66. The smallest absolute Gasteiger partial charge is 0.337 e. The Labute approximate surface area is 238 Å². The van der Waals surface area contributed by atoms with Gasteiger partial charge in [0.1, 0.15) is 11.9 Å². The second-order valence-corrected chi connectivity index (χ2v) is 11.2. The summed E-state index contributed by atoms with van der Waals surface area (Å²) in [5.41, 5.74) is 6.18. The predicted octanol–water partition coefficient (Wildman–Crippen LogP) is 6.78. The number of dihydropyridines is 1. The van der Waals surface area contributed by atoms with Crippen molar-refractivity contribution < 1.29 is 19.1 Å². The summed E-state index contributed by atoms with van der Waals surface area (Å²) >= 11 is 0. The Hall–Kier alpha value is -3.54. The van der Waals surface area contributed by atoms with Crippen LogP contribution in [0.1, 0.15) is 88.7 Å². The zero-order valence-electron chi connectivity index (χ0n) is 24.3. The molecule has 212 valence electrons. The van der Waals surface area contributed by atoms with Crippen molar-refractivity contribution in [3.05, 3.63) is 82.2 Å². The summed E-state index contributed by atoms with van der Waals surface area (Å²) < 4.78 is 11.4. The first-order valence-electron chi connectivity index (χ1n) is 14.9. The number of methoxy groups -OCH3 is 1. The van der Waals surface area contributed by atoms with Crippen LogP contribution in [0.4, 0.5) is 5.69 Å². The third kappa shape index (κ3) is 5.67. The summed E-state index contributed by atoms with van der Waals surface area (Å²) in [6.07, 6.45) is 6.25. The van der Waals surface area contributed by atoms with Gasteiger partial charge in [0, 0.05) is 48.1 Å². The Morgan fingerprint density at radius 3 is 2.20 bits per heavy atom. The Morgan fingerprint density at radius 1 is 0.925 bits per heavy atom. The molecule has 1 saturated carbocycles. The quantitative estimate of drug-likeness (QED) is 0.371. The molecule has 2 aliphatic carbocycles. The van der Waals surface area contributed by atoms with E-state index in [1.54, 1.807) is 7.11 Å². The van der Waals surface area contributed by atoms with Crippen molar-refractivity contribution >= 4 is 17.4 Å². The molecule has 2 aromatic rings. The van der Waals surface area contributed by atoms with Crippen LogP contribution in [-0.2, 0) is 14.3 Å². The molecule has 0 saturated heterocycles. The number of ketones is 1. The zero-order chi connectivity index (χ0) is 28.2. The highest BCUT2D eigenvalue weighted by Crippen LogP contribution is 2.46. The number of allylic oxidation sites excluding steroid dienone is 3. The highest BCUT2D eigenvalue weighted by atomic mass is 16.5. The molecule has 3 aliphatic rings. The van der Waals surface area contributed by atoms with Crippen LogP contribution in [0.2, 0.25) is 0 Å². The van der Waals surface area contributed by atoms with Crippen LogP contribution in [0.25, 0.3) is 0 Å². The van der Waals surface area contributed by atoms with Crippen molar-refractivity contribution in [3.63, 3.8) is 0 Å². The van der Waals surface area contributed by atoms with Crippen LogP contribution in [0.5, 0.6) is 5.75 Å². The number of benzene rings is 2. The molecule has 40 heavy (non-hydrogen) atoms. The van der Waals surface area contributed by atoms with Crippen molar-refractivity contribution in [2.24, 2.45) is 0 Å². The topological polar surface area (TPSA) is 67.9 Å². The van der Waals surface area contributed by atoms with Crippen LogP contribution < -0.4 is 15.0 Å². The van der Waals surface area contributed by atoms with Crippen LogP contribution in [-0.4, -0.2) is 38.1 Å². The maximum Gasteiger partial charge on any atom is 0.337 e. The van der Waals surface area contributed by atoms with Gasteiger partial charge in [-0.05, 0) is 94.2 Å². The van der Waals surface area contributed by atoms with Gasteiger partial charge < -0.3 is 19.7 Å². The lowest BCUT2D eigenvalue weighted by molar-refractivity contribution is -0.146. The van der Waals surface area contributed by atoms with Crippen LogP contribution in [0.15, 0.2) is 71.1 Å². The Balaban J connectivity index is 1.51. The number of rotatable bonds is 8. The number of ether oxygens (including phenoxy) is 2. The van der Waals surface area contributed by atoms with Gasteiger partial charge in [0.05, 0.1) is 12.7 Å². The van der Waals surface area contributed by atoms with Crippen LogP contribution in [0, 0.1) is 0 Å². The van der Waals surface area contributed by atoms with Gasteiger partial charge in [0.15, 0.2) is 5.78 Å². The number of hydrogen-bond donors (Lipinski definition) is 1. The maximum absolute atomic E-state index is 13.9. The molecule has 1 fully saturated rings. The van der Waals surface area contributed by atoms with Crippen molar-refractivity contribution in [1.29, 1.82) is 0 Å². The fourth-order valence-corrected chi connectivity index (χ4v) is 6.62.